The van der Waals surface area contributed by atoms with Crippen LogP contribution in [0.15, 0.2) is 24.3 Å². The normalized spacial score (nSPS) is 16.5. The van der Waals surface area contributed by atoms with Crippen molar-refractivity contribution >= 4 is 5.69 Å². The molecule has 1 aliphatic heterocycles. The highest BCUT2D eigenvalue weighted by molar-refractivity contribution is 5.50. The molecular formula is C19H31N6O2+. The Morgan fingerprint density at radius 1 is 1.22 bits per heavy atom. The van der Waals surface area contributed by atoms with Crippen molar-refractivity contribution in [2.45, 2.75) is 32.4 Å². The van der Waals surface area contributed by atoms with Gasteiger partial charge in [0.1, 0.15) is 11.8 Å². The molecule has 3 rings (SSSR count). The molecule has 2 aromatic rings. The van der Waals surface area contributed by atoms with Crippen LogP contribution in [-0.2, 0) is 11.3 Å². The fourth-order valence-electron chi connectivity index (χ4n) is 3.81. The van der Waals surface area contributed by atoms with Gasteiger partial charge >= 0.3 is 0 Å². The standard InChI is InChI=1S/C19H30N6O2/c1-4-6-18(19-20-21-22-25(19)13-14-26-2)24-11-9-23(10-12-24)16-7-5-8-17(15-16)27-3/h5,7-8,15,18H,4,6,9-14H2,1-3H3/p+1/t18-/m1/s1. The van der Waals surface area contributed by atoms with E-state index in [2.05, 4.69) is 45.5 Å². The molecule has 1 fully saturated rings. The maximum absolute atomic E-state index is 5.36. The van der Waals surface area contributed by atoms with Crippen LogP contribution in [-0.4, -0.2) is 67.2 Å². The van der Waals surface area contributed by atoms with E-state index in [0.717, 1.165) is 50.6 Å². The quantitative estimate of drug-likeness (QED) is 0.691. The molecule has 8 nitrogen and oxygen atoms in total. The number of anilines is 1. The highest BCUT2D eigenvalue weighted by Crippen LogP contribution is 2.21. The van der Waals surface area contributed by atoms with E-state index in [1.165, 1.54) is 5.69 Å². The third-order valence-electron chi connectivity index (χ3n) is 5.27. The minimum atomic E-state index is 0.328. The average Bonchev–Trinajstić information content (AvgIpc) is 3.19. The Morgan fingerprint density at radius 2 is 2.04 bits per heavy atom. The van der Waals surface area contributed by atoms with Gasteiger partial charge in [-0.15, -0.1) is 5.10 Å². The number of hydrogen-bond acceptors (Lipinski definition) is 6. The van der Waals surface area contributed by atoms with Gasteiger partial charge in [0, 0.05) is 25.3 Å². The van der Waals surface area contributed by atoms with Gasteiger partial charge < -0.3 is 19.3 Å². The second-order valence-corrected chi connectivity index (χ2v) is 6.94. The summed E-state index contributed by atoms with van der Waals surface area (Å²) in [5.74, 6) is 1.89. The summed E-state index contributed by atoms with van der Waals surface area (Å²) >= 11 is 0. The lowest BCUT2D eigenvalue weighted by atomic mass is 10.1. The SMILES string of the molecule is CCC[C@H](c1nnnn1CCOC)[NH+]1CCN(c2cccc(OC)c2)CC1. The van der Waals surface area contributed by atoms with E-state index in [0.29, 0.717) is 19.2 Å². The van der Waals surface area contributed by atoms with Crippen LogP contribution in [0.2, 0.25) is 0 Å². The molecule has 0 spiro atoms. The number of aromatic nitrogens is 4. The first-order valence-corrected chi connectivity index (χ1v) is 9.75. The Labute approximate surface area is 161 Å². The number of nitrogens with zero attached hydrogens (tertiary/aromatic N) is 5. The smallest absolute Gasteiger partial charge is 0.209 e. The van der Waals surface area contributed by atoms with E-state index >= 15 is 0 Å². The lowest BCUT2D eigenvalue weighted by Crippen LogP contribution is -3.15. The second kappa shape index (κ2) is 9.66. The summed E-state index contributed by atoms with van der Waals surface area (Å²) in [4.78, 5) is 3.99. The fourth-order valence-corrected chi connectivity index (χ4v) is 3.81. The molecule has 0 radical (unpaired) electrons. The van der Waals surface area contributed by atoms with Gasteiger partial charge in [-0.1, -0.05) is 19.4 Å². The first kappa shape index (κ1) is 19.6. The number of ether oxygens (including phenoxy) is 2. The average molecular weight is 375 g/mol. The van der Waals surface area contributed by atoms with Crippen molar-refractivity contribution in [2.75, 3.05) is 51.9 Å². The Bertz CT molecular complexity index is 699. The molecule has 2 heterocycles. The van der Waals surface area contributed by atoms with E-state index in [9.17, 15) is 0 Å². The Balaban J connectivity index is 1.67. The third kappa shape index (κ3) is 4.75. The van der Waals surface area contributed by atoms with Crippen molar-refractivity contribution in [3.8, 4) is 5.75 Å². The molecular weight excluding hydrogens is 344 g/mol. The van der Waals surface area contributed by atoms with Crippen LogP contribution in [0.5, 0.6) is 5.75 Å². The topological polar surface area (TPSA) is 69.7 Å². The first-order chi connectivity index (χ1) is 13.3. The van der Waals surface area contributed by atoms with Crippen LogP contribution in [0, 0.1) is 0 Å². The molecule has 1 aromatic heterocycles. The van der Waals surface area contributed by atoms with Crippen molar-refractivity contribution in [3.05, 3.63) is 30.1 Å². The van der Waals surface area contributed by atoms with Crippen molar-refractivity contribution in [1.29, 1.82) is 0 Å². The molecule has 1 N–H and O–H groups in total. The number of hydrogen-bond donors (Lipinski definition) is 1. The molecule has 1 saturated heterocycles. The molecule has 0 bridgehead atoms. The van der Waals surface area contributed by atoms with E-state index in [1.807, 2.05) is 10.7 Å². The molecule has 27 heavy (non-hydrogen) atoms. The number of methoxy groups -OCH3 is 2. The predicted octanol–water partition coefficient (Wildman–Crippen LogP) is 0.574. The lowest BCUT2D eigenvalue weighted by Gasteiger charge is -2.37. The van der Waals surface area contributed by atoms with E-state index in [-0.39, 0.29) is 0 Å². The lowest BCUT2D eigenvalue weighted by molar-refractivity contribution is -0.933. The largest absolute Gasteiger partial charge is 0.497 e. The summed E-state index contributed by atoms with van der Waals surface area (Å²) in [5, 5.41) is 12.5. The van der Waals surface area contributed by atoms with E-state index in [1.54, 1.807) is 19.1 Å². The van der Waals surface area contributed by atoms with E-state index < -0.39 is 0 Å². The van der Waals surface area contributed by atoms with Crippen LogP contribution in [0.25, 0.3) is 0 Å². The summed E-state index contributed by atoms with van der Waals surface area (Å²) < 4.78 is 12.5. The predicted molar refractivity (Wildman–Crippen MR) is 103 cm³/mol. The number of tetrazole rings is 1. The molecule has 1 aliphatic rings. The van der Waals surface area contributed by atoms with Crippen molar-refractivity contribution in [3.63, 3.8) is 0 Å². The summed E-state index contributed by atoms with van der Waals surface area (Å²) in [6.07, 6.45) is 2.20. The molecule has 0 amide bonds. The number of piperazine rings is 1. The number of rotatable bonds is 9. The zero-order valence-electron chi connectivity index (χ0n) is 16.6. The van der Waals surface area contributed by atoms with Crippen molar-refractivity contribution in [1.82, 2.24) is 20.2 Å². The zero-order valence-corrected chi connectivity index (χ0v) is 16.6. The van der Waals surface area contributed by atoms with Gasteiger partial charge in [-0.05, 0) is 22.6 Å². The number of benzene rings is 1. The van der Waals surface area contributed by atoms with Gasteiger partial charge in [0.2, 0.25) is 5.82 Å². The second-order valence-electron chi connectivity index (χ2n) is 6.94. The Morgan fingerprint density at radius 3 is 2.74 bits per heavy atom. The van der Waals surface area contributed by atoms with Gasteiger partial charge in [-0.25, -0.2) is 4.68 Å². The Hall–Kier alpha value is -2.19. The molecule has 1 aromatic carbocycles. The van der Waals surface area contributed by atoms with Crippen LogP contribution >= 0.6 is 0 Å². The molecule has 0 aliphatic carbocycles. The minimum absolute atomic E-state index is 0.328. The Kier molecular flexibility index (Phi) is 7.00. The molecule has 0 saturated carbocycles. The molecule has 8 heteroatoms. The molecule has 148 valence electrons. The number of quaternary nitrogens is 1. The maximum Gasteiger partial charge on any atom is 0.209 e. The monoisotopic (exact) mass is 375 g/mol. The van der Waals surface area contributed by atoms with Crippen molar-refractivity contribution < 1.29 is 14.4 Å². The van der Waals surface area contributed by atoms with Crippen molar-refractivity contribution in [2.24, 2.45) is 0 Å². The third-order valence-corrected chi connectivity index (χ3v) is 5.27. The molecule has 0 unspecified atom stereocenters. The van der Waals surface area contributed by atoms with Gasteiger partial charge in [0.15, 0.2) is 0 Å². The zero-order chi connectivity index (χ0) is 19.1. The highest BCUT2D eigenvalue weighted by atomic mass is 16.5. The summed E-state index contributed by atoms with van der Waals surface area (Å²) in [7, 11) is 3.42. The van der Waals surface area contributed by atoms with Gasteiger partial charge in [-0.2, -0.15) is 0 Å². The van der Waals surface area contributed by atoms with Crippen LogP contribution in [0.4, 0.5) is 5.69 Å². The van der Waals surface area contributed by atoms with Gasteiger partial charge in [0.05, 0.1) is 46.4 Å². The van der Waals surface area contributed by atoms with Crippen LogP contribution < -0.4 is 14.5 Å². The maximum atomic E-state index is 5.36. The summed E-state index contributed by atoms with van der Waals surface area (Å²) in [6, 6.07) is 8.64. The molecule has 1 atom stereocenters. The summed E-state index contributed by atoms with van der Waals surface area (Å²) in [6.45, 7) is 7.71. The first-order valence-electron chi connectivity index (χ1n) is 9.75. The number of nitrogens with one attached hydrogen (secondary N) is 1. The highest BCUT2D eigenvalue weighted by Gasteiger charge is 2.32. The minimum Gasteiger partial charge on any atom is -0.497 e. The fraction of sp³-hybridized carbons (Fsp3) is 0.632. The summed E-state index contributed by atoms with van der Waals surface area (Å²) in [5.41, 5.74) is 1.23. The van der Waals surface area contributed by atoms with Gasteiger partial charge in [0.25, 0.3) is 0 Å². The van der Waals surface area contributed by atoms with Gasteiger partial charge in [-0.3, -0.25) is 0 Å². The van der Waals surface area contributed by atoms with Crippen LogP contribution in [0.1, 0.15) is 31.6 Å². The van der Waals surface area contributed by atoms with Crippen LogP contribution in [0.3, 0.4) is 0 Å². The van der Waals surface area contributed by atoms with E-state index in [4.69, 9.17) is 9.47 Å².